The highest BCUT2D eigenvalue weighted by atomic mass is 32.1. The number of benzene rings is 1. The zero-order valence-corrected chi connectivity index (χ0v) is 24.0. The number of thiophene rings is 1. The van der Waals surface area contributed by atoms with E-state index >= 15 is 0 Å². The van der Waals surface area contributed by atoms with Crippen LogP contribution in [0.15, 0.2) is 40.2 Å². The summed E-state index contributed by atoms with van der Waals surface area (Å²) in [5.41, 5.74) is -0.261. The van der Waals surface area contributed by atoms with Gasteiger partial charge in [0.1, 0.15) is 33.5 Å². The average Bonchev–Trinajstić information content (AvgIpc) is 3.73. The first-order valence-corrected chi connectivity index (χ1v) is 14.7. The molecule has 1 aliphatic carbocycles. The molecule has 1 aromatic carbocycles. The molecule has 2 N–H and O–H groups in total. The summed E-state index contributed by atoms with van der Waals surface area (Å²) in [6.07, 6.45) is 4.12. The van der Waals surface area contributed by atoms with Crippen LogP contribution in [0.25, 0.3) is 15.2 Å². The number of carbonyl (C=O) groups excluding carboxylic acids is 1. The summed E-state index contributed by atoms with van der Waals surface area (Å²) in [5.74, 6) is -0.515. The monoisotopic (exact) mass is 598 g/mol. The number of rotatable bonds is 8. The van der Waals surface area contributed by atoms with E-state index in [-0.39, 0.29) is 24.5 Å². The Morgan fingerprint density at radius 2 is 1.88 bits per heavy atom. The Hall–Kier alpha value is -3.88. The minimum Gasteiger partial charge on any atom is -0.496 e. The third-order valence-corrected chi connectivity index (χ3v) is 9.32. The normalized spacial score (nSPS) is 21.5. The number of nitrogens with zero attached hydrogens (tertiary/aromatic N) is 5. The van der Waals surface area contributed by atoms with Crippen molar-refractivity contribution in [2.75, 3.05) is 13.7 Å². The molecule has 42 heavy (non-hydrogen) atoms. The molecule has 4 aromatic rings. The van der Waals surface area contributed by atoms with Gasteiger partial charge in [0.25, 0.3) is 5.56 Å². The van der Waals surface area contributed by atoms with Crippen LogP contribution < -0.4 is 21.3 Å². The summed E-state index contributed by atoms with van der Waals surface area (Å²) in [4.78, 5) is 42.5. The number of hydrogen-bond donors (Lipinski definition) is 2. The highest BCUT2D eigenvalue weighted by molar-refractivity contribution is 7.21. The Labute approximate surface area is 243 Å². The molecule has 2 aliphatic rings. The molecule has 1 aliphatic heterocycles. The first kappa shape index (κ1) is 28.2. The van der Waals surface area contributed by atoms with E-state index in [1.807, 2.05) is 0 Å². The fraction of sp³-hybridized carbons (Fsp3) is 0.464. The van der Waals surface area contributed by atoms with Gasteiger partial charge in [-0.2, -0.15) is 10.2 Å². The molecule has 1 saturated heterocycles. The van der Waals surface area contributed by atoms with Crippen LogP contribution in [0.5, 0.6) is 5.75 Å². The summed E-state index contributed by atoms with van der Waals surface area (Å²) in [6, 6.07) is 3.15. The van der Waals surface area contributed by atoms with Crippen molar-refractivity contribution < 1.29 is 23.8 Å². The van der Waals surface area contributed by atoms with E-state index < -0.39 is 41.2 Å². The number of aliphatic hydroxyl groups is 1. The smallest absolute Gasteiger partial charge is 0.332 e. The van der Waals surface area contributed by atoms with Crippen molar-refractivity contribution in [3.05, 3.63) is 68.4 Å². The van der Waals surface area contributed by atoms with Gasteiger partial charge in [-0.1, -0.05) is 11.3 Å². The van der Waals surface area contributed by atoms with Crippen LogP contribution in [-0.2, 0) is 16.1 Å². The maximum absolute atomic E-state index is 14.6. The Morgan fingerprint density at radius 3 is 2.55 bits per heavy atom. The van der Waals surface area contributed by atoms with Gasteiger partial charge in [-0.3, -0.25) is 14.2 Å². The van der Waals surface area contributed by atoms with Crippen LogP contribution in [0, 0.1) is 12.7 Å². The molecule has 2 unspecified atom stereocenters. The Balaban J connectivity index is 1.55. The lowest BCUT2D eigenvalue weighted by Crippen LogP contribution is -2.44. The third-order valence-electron chi connectivity index (χ3n) is 8.04. The van der Waals surface area contributed by atoms with Gasteiger partial charge in [-0.05, 0) is 57.2 Å². The highest BCUT2D eigenvalue weighted by Crippen LogP contribution is 2.36. The molecular formula is C28H31FN6O6S. The lowest BCUT2D eigenvalue weighted by molar-refractivity contribution is -0.122. The topological polar surface area (TPSA) is 142 Å². The number of carbonyl (C=O) groups is 1. The van der Waals surface area contributed by atoms with E-state index in [9.17, 15) is 23.9 Å². The molecule has 0 bridgehead atoms. The fourth-order valence-corrected chi connectivity index (χ4v) is 7.10. The second-order valence-electron chi connectivity index (χ2n) is 10.6. The van der Waals surface area contributed by atoms with Crippen LogP contribution in [0.4, 0.5) is 4.39 Å². The first-order valence-electron chi connectivity index (χ1n) is 13.9. The Morgan fingerprint density at radius 1 is 1.14 bits per heavy atom. The first-order chi connectivity index (χ1) is 20.3. The molecule has 6 rings (SSSR count). The van der Waals surface area contributed by atoms with Crippen LogP contribution in [0.3, 0.4) is 0 Å². The standard InChI is InChI=1S/C28H31FN6O6S/c1-15-23-25(38)34(20-9-10-30-24(20)37)28(39)33(27(23)42-26(15)35-31-11-12-32-35)14-22(41-18-6-4-17(36)5-7-18)19-13-16(29)3-8-21(19)40-2/h3,8,11-13,17-18,20,22,36H,4-7,9-10,14H2,1-2H3,(H,30,37). The van der Waals surface area contributed by atoms with Gasteiger partial charge >= 0.3 is 5.69 Å². The van der Waals surface area contributed by atoms with E-state index in [2.05, 4.69) is 15.5 Å². The van der Waals surface area contributed by atoms with Crippen molar-refractivity contribution >= 4 is 27.5 Å². The van der Waals surface area contributed by atoms with Crippen molar-refractivity contribution in [3.63, 3.8) is 0 Å². The average molecular weight is 599 g/mol. The van der Waals surface area contributed by atoms with Crippen molar-refractivity contribution in [1.29, 1.82) is 0 Å². The third kappa shape index (κ3) is 5.03. The van der Waals surface area contributed by atoms with Crippen LogP contribution in [0.1, 0.15) is 55.4 Å². The van der Waals surface area contributed by atoms with E-state index in [1.54, 1.807) is 6.92 Å². The van der Waals surface area contributed by atoms with Gasteiger partial charge in [0, 0.05) is 17.7 Å². The largest absolute Gasteiger partial charge is 0.496 e. The minimum atomic E-state index is -0.964. The van der Waals surface area contributed by atoms with Gasteiger partial charge in [0.15, 0.2) is 0 Å². The van der Waals surface area contributed by atoms with Crippen molar-refractivity contribution in [3.8, 4) is 10.8 Å². The predicted molar refractivity (Wildman–Crippen MR) is 152 cm³/mol. The van der Waals surface area contributed by atoms with Gasteiger partial charge in [-0.15, -0.1) is 4.80 Å². The Kier molecular flexibility index (Phi) is 7.68. The molecule has 1 amide bonds. The van der Waals surface area contributed by atoms with E-state index in [4.69, 9.17) is 9.47 Å². The number of aryl methyl sites for hydroxylation is 1. The lowest BCUT2D eigenvalue weighted by atomic mass is 9.94. The minimum absolute atomic E-state index is 0.0885. The number of aromatic nitrogens is 5. The molecular weight excluding hydrogens is 567 g/mol. The highest BCUT2D eigenvalue weighted by Gasteiger charge is 2.33. The molecule has 222 valence electrons. The number of fused-ring (bicyclic) bond motifs is 1. The zero-order chi connectivity index (χ0) is 29.5. The molecule has 2 atom stereocenters. The molecule has 0 radical (unpaired) electrons. The Bertz CT molecular complexity index is 1740. The quantitative estimate of drug-likeness (QED) is 0.315. The van der Waals surface area contributed by atoms with Gasteiger partial charge < -0.3 is 19.9 Å². The molecule has 12 nitrogen and oxygen atoms in total. The van der Waals surface area contributed by atoms with Crippen molar-refractivity contribution in [2.24, 2.45) is 0 Å². The van der Waals surface area contributed by atoms with Gasteiger partial charge in [0.05, 0.1) is 43.6 Å². The number of amides is 1. The zero-order valence-electron chi connectivity index (χ0n) is 23.2. The number of halogens is 1. The summed E-state index contributed by atoms with van der Waals surface area (Å²) >= 11 is 1.18. The molecule has 2 fully saturated rings. The molecule has 14 heteroatoms. The van der Waals surface area contributed by atoms with E-state index in [1.165, 1.54) is 58.4 Å². The second-order valence-corrected chi connectivity index (χ2v) is 11.6. The number of nitrogens with one attached hydrogen (secondary N) is 1. The van der Waals surface area contributed by atoms with Crippen LogP contribution >= 0.6 is 11.3 Å². The van der Waals surface area contributed by atoms with Crippen molar-refractivity contribution in [2.45, 2.75) is 69.9 Å². The molecule has 0 spiro atoms. The number of hydrogen-bond acceptors (Lipinski definition) is 9. The summed E-state index contributed by atoms with van der Waals surface area (Å²) in [7, 11) is 1.47. The number of aliphatic hydroxyl groups excluding tert-OH is 1. The summed E-state index contributed by atoms with van der Waals surface area (Å²) in [5, 5.41) is 22.0. The molecule has 4 heterocycles. The SMILES string of the molecule is COc1ccc(F)cc1C(Cn1c(=O)n(C2CCNC2=O)c(=O)c2c(C)c(-n3nccn3)sc21)OC1CCC(O)CC1. The summed E-state index contributed by atoms with van der Waals surface area (Å²) in [6.45, 7) is 2.01. The fourth-order valence-electron chi connectivity index (χ4n) is 5.88. The number of ether oxygens (including phenoxy) is 2. The predicted octanol–water partition coefficient (Wildman–Crippen LogP) is 2.38. The van der Waals surface area contributed by atoms with Crippen LogP contribution in [-0.4, -0.2) is 61.0 Å². The molecule has 3 aromatic heterocycles. The molecule has 1 saturated carbocycles. The lowest BCUT2D eigenvalue weighted by Gasteiger charge is -2.31. The summed E-state index contributed by atoms with van der Waals surface area (Å²) < 4.78 is 29.2. The van der Waals surface area contributed by atoms with Gasteiger partial charge in [-0.25, -0.2) is 13.8 Å². The second kappa shape index (κ2) is 11.4. The number of methoxy groups -OCH3 is 1. The van der Waals surface area contributed by atoms with E-state index in [0.717, 1.165) is 4.57 Å². The van der Waals surface area contributed by atoms with E-state index in [0.29, 0.717) is 58.9 Å². The maximum atomic E-state index is 14.6. The van der Waals surface area contributed by atoms with Crippen molar-refractivity contribution in [1.82, 2.24) is 29.4 Å². The van der Waals surface area contributed by atoms with Crippen LogP contribution in [0.2, 0.25) is 0 Å². The van der Waals surface area contributed by atoms with Gasteiger partial charge in [0.2, 0.25) is 5.91 Å². The maximum Gasteiger partial charge on any atom is 0.332 e.